The molecule has 26 heavy (non-hydrogen) atoms. The van der Waals surface area contributed by atoms with Gasteiger partial charge in [-0.3, -0.25) is 19.0 Å². The molecular weight excluding hydrogens is 353 g/mol. The second-order valence-electron chi connectivity index (χ2n) is 6.05. The van der Waals surface area contributed by atoms with Crippen molar-refractivity contribution in [3.8, 4) is 0 Å². The van der Waals surface area contributed by atoms with Crippen molar-refractivity contribution in [3.63, 3.8) is 0 Å². The van der Waals surface area contributed by atoms with Crippen LogP contribution in [0.4, 0.5) is 13.2 Å². The lowest BCUT2D eigenvalue weighted by atomic mass is 10.2. The second-order valence-corrected chi connectivity index (χ2v) is 6.05. The van der Waals surface area contributed by atoms with Gasteiger partial charge >= 0.3 is 6.18 Å². The zero-order chi connectivity index (χ0) is 19.2. The molecule has 1 aliphatic rings. The van der Waals surface area contributed by atoms with E-state index in [9.17, 15) is 27.6 Å². The van der Waals surface area contributed by atoms with E-state index in [1.165, 1.54) is 9.47 Å². The molecule has 0 N–H and O–H groups in total. The van der Waals surface area contributed by atoms with E-state index in [0.717, 1.165) is 12.3 Å². The van der Waals surface area contributed by atoms with E-state index in [4.69, 9.17) is 0 Å². The maximum atomic E-state index is 12.8. The minimum absolute atomic E-state index is 0.0157. The van der Waals surface area contributed by atoms with Crippen molar-refractivity contribution < 1.29 is 18.0 Å². The van der Waals surface area contributed by atoms with Gasteiger partial charge in [0, 0.05) is 13.2 Å². The first-order valence-corrected chi connectivity index (χ1v) is 7.69. The number of aryl methyl sites for hydroxylation is 1. The summed E-state index contributed by atoms with van der Waals surface area (Å²) < 4.78 is 40.5. The molecule has 7 nitrogen and oxygen atoms in total. The highest BCUT2D eigenvalue weighted by atomic mass is 19.4. The number of hydrogen-bond acceptors (Lipinski definition) is 4. The van der Waals surface area contributed by atoms with Gasteiger partial charge in [0.15, 0.2) is 0 Å². The molecule has 0 unspecified atom stereocenters. The Morgan fingerprint density at radius 2 is 1.92 bits per heavy atom. The van der Waals surface area contributed by atoms with Crippen LogP contribution in [0, 0.1) is 6.92 Å². The Kier molecular flexibility index (Phi) is 4.21. The highest BCUT2D eigenvalue weighted by Gasteiger charge is 2.35. The van der Waals surface area contributed by atoms with Crippen LogP contribution in [0.3, 0.4) is 0 Å². The van der Waals surface area contributed by atoms with Crippen LogP contribution in [-0.2, 0) is 37.7 Å². The number of amides is 1. The van der Waals surface area contributed by atoms with Crippen LogP contribution in [0.15, 0.2) is 27.9 Å². The summed E-state index contributed by atoms with van der Waals surface area (Å²) in [6.45, 7) is 1.21. The molecule has 2 aromatic heterocycles. The van der Waals surface area contributed by atoms with E-state index < -0.39 is 29.8 Å². The fourth-order valence-corrected chi connectivity index (χ4v) is 2.83. The van der Waals surface area contributed by atoms with E-state index in [1.807, 2.05) is 0 Å². The zero-order valence-electron chi connectivity index (χ0n) is 14.0. The number of carbonyl (C=O) groups is 1. The van der Waals surface area contributed by atoms with E-state index in [-0.39, 0.29) is 18.6 Å². The predicted molar refractivity (Wildman–Crippen MR) is 84.2 cm³/mol. The first kappa shape index (κ1) is 17.9. The molecule has 10 heteroatoms. The summed E-state index contributed by atoms with van der Waals surface area (Å²) in [7, 11) is 1.57. The maximum Gasteiger partial charge on any atom is 0.421 e. The molecule has 3 rings (SSSR count). The van der Waals surface area contributed by atoms with Gasteiger partial charge in [0.2, 0.25) is 5.91 Å². The Morgan fingerprint density at radius 3 is 2.58 bits per heavy atom. The normalized spacial score (nSPS) is 13.8. The van der Waals surface area contributed by atoms with Gasteiger partial charge in [-0.1, -0.05) is 0 Å². The maximum absolute atomic E-state index is 12.8. The molecule has 138 valence electrons. The summed E-state index contributed by atoms with van der Waals surface area (Å²) in [6.07, 6.45) is -3.67. The number of hydrogen-bond donors (Lipinski definition) is 0. The molecule has 1 amide bonds. The van der Waals surface area contributed by atoms with Crippen molar-refractivity contribution in [1.29, 1.82) is 0 Å². The van der Waals surface area contributed by atoms with Crippen LogP contribution in [0.5, 0.6) is 0 Å². The Labute approximate surface area is 145 Å². The summed E-state index contributed by atoms with van der Waals surface area (Å²) in [5, 5.41) is 0. The minimum Gasteiger partial charge on any atom is -0.331 e. The molecule has 0 spiro atoms. The number of fused-ring (bicyclic) bond motifs is 1. The minimum atomic E-state index is -4.79. The molecule has 1 aliphatic heterocycles. The monoisotopic (exact) mass is 368 g/mol. The second kappa shape index (κ2) is 6.11. The number of aromatic nitrogens is 3. The van der Waals surface area contributed by atoms with E-state index in [1.54, 1.807) is 14.0 Å². The molecule has 0 aromatic carbocycles. The molecule has 0 aliphatic carbocycles. The quantitative estimate of drug-likeness (QED) is 0.786. The third kappa shape index (κ3) is 3.02. The summed E-state index contributed by atoms with van der Waals surface area (Å²) in [4.78, 5) is 42.1. The fraction of sp³-hybridized carbons (Fsp3) is 0.375. The number of pyridine rings is 1. The van der Waals surface area contributed by atoms with Crippen molar-refractivity contribution in [2.24, 2.45) is 7.05 Å². The van der Waals surface area contributed by atoms with Crippen molar-refractivity contribution in [1.82, 2.24) is 19.0 Å². The lowest BCUT2D eigenvalue weighted by Gasteiger charge is -2.16. The average Bonchev–Trinajstić information content (AvgIpc) is 2.97. The summed E-state index contributed by atoms with van der Waals surface area (Å²) in [5.41, 5.74) is -2.03. The lowest BCUT2D eigenvalue weighted by molar-refractivity contribution is -0.139. The van der Waals surface area contributed by atoms with Crippen molar-refractivity contribution in [2.75, 3.05) is 0 Å². The highest BCUT2D eigenvalue weighted by Crippen LogP contribution is 2.26. The molecule has 0 saturated carbocycles. The number of nitrogens with zero attached hydrogens (tertiary/aromatic N) is 4. The van der Waals surface area contributed by atoms with Crippen LogP contribution in [0.1, 0.15) is 22.6 Å². The number of halogens is 3. The van der Waals surface area contributed by atoms with E-state index in [2.05, 4.69) is 4.98 Å². The van der Waals surface area contributed by atoms with Crippen LogP contribution in [0.2, 0.25) is 0 Å². The van der Waals surface area contributed by atoms with Crippen molar-refractivity contribution in [2.45, 2.75) is 32.7 Å². The van der Waals surface area contributed by atoms with Crippen LogP contribution < -0.4 is 11.1 Å². The highest BCUT2D eigenvalue weighted by molar-refractivity contribution is 5.76. The van der Waals surface area contributed by atoms with Gasteiger partial charge in [-0.2, -0.15) is 13.2 Å². The van der Waals surface area contributed by atoms with Gasteiger partial charge in [-0.15, -0.1) is 0 Å². The largest absolute Gasteiger partial charge is 0.421 e. The van der Waals surface area contributed by atoms with Crippen molar-refractivity contribution >= 4 is 5.91 Å². The van der Waals surface area contributed by atoms with Gasteiger partial charge in [0.05, 0.1) is 24.3 Å². The van der Waals surface area contributed by atoms with Gasteiger partial charge in [0.25, 0.3) is 11.1 Å². The topological polar surface area (TPSA) is 77.2 Å². The third-order valence-electron chi connectivity index (χ3n) is 4.37. The van der Waals surface area contributed by atoms with Gasteiger partial charge in [-0.05, 0) is 19.1 Å². The fourth-order valence-electron chi connectivity index (χ4n) is 2.83. The molecule has 0 fully saturated rings. The smallest absolute Gasteiger partial charge is 0.331 e. The van der Waals surface area contributed by atoms with Crippen LogP contribution >= 0.6 is 0 Å². The molecular formula is C16H15F3N4O3. The molecule has 0 radical (unpaired) electrons. The number of rotatable bonds is 2. The zero-order valence-corrected chi connectivity index (χ0v) is 14.0. The Bertz CT molecular complexity index is 1010. The Hall–Kier alpha value is -2.91. The van der Waals surface area contributed by atoms with E-state index >= 15 is 0 Å². The summed E-state index contributed by atoms with van der Waals surface area (Å²) in [5.74, 6) is -0.0683. The third-order valence-corrected chi connectivity index (χ3v) is 4.37. The van der Waals surface area contributed by atoms with Crippen LogP contribution in [0.25, 0.3) is 0 Å². The van der Waals surface area contributed by atoms with Crippen molar-refractivity contribution in [3.05, 3.63) is 61.7 Å². The molecule has 0 bridgehead atoms. The first-order chi connectivity index (χ1) is 12.1. The number of alkyl halides is 3. The summed E-state index contributed by atoms with van der Waals surface area (Å²) in [6, 6.07) is 1.74. The SMILES string of the molecule is Cc1nc2c(c(=O)n1C)CN(C(=O)Cn1cccc(C(F)(F)F)c1=O)C2. The lowest BCUT2D eigenvalue weighted by Crippen LogP contribution is -2.35. The predicted octanol–water partition coefficient (Wildman–Crippen LogP) is 0.812. The van der Waals surface area contributed by atoms with Crippen LogP contribution in [-0.4, -0.2) is 24.9 Å². The first-order valence-electron chi connectivity index (χ1n) is 7.69. The van der Waals surface area contributed by atoms with Gasteiger partial charge < -0.3 is 9.47 Å². The number of carbonyl (C=O) groups excluding carboxylic acids is 1. The Morgan fingerprint density at radius 1 is 1.23 bits per heavy atom. The molecule has 3 heterocycles. The molecule has 0 saturated heterocycles. The molecule has 0 atom stereocenters. The Balaban J connectivity index is 1.84. The standard InChI is InChI=1S/C16H15F3N4O3/c1-9-20-12-7-23(6-10(12)14(25)21(9)2)13(24)8-22-5-3-4-11(15(22)26)16(17,18)19/h3-5H,6-8H2,1-2H3. The average molecular weight is 368 g/mol. The van der Waals surface area contributed by atoms with Gasteiger partial charge in [0.1, 0.15) is 17.9 Å². The molecule has 2 aromatic rings. The summed E-state index contributed by atoms with van der Waals surface area (Å²) >= 11 is 0. The van der Waals surface area contributed by atoms with E-state index in [0.29, 0.717) is 27.7 Å². The van der Waals surface area contributed by atoms with Gasteiger partial charge in [-0.25, -0.2) is 4.98 Å².